The number of pyridine rings is 1. The third-order valence-electron chi connectivity index (χ3n) is 5.47. The monoisotopic (exact) mass is 502 g/mol. The third-order valence-corrected chi connectivity index (χ3v) is 7.14. The molecule has 1 N–H and O–H groups in total. The van der Waals surface area contributed by atoms with Gasteiger partial charge < -0.3 is 9.47 Å². The number of sulfonamides is 1. The van der Waals surface area contributed by atoms with Crippen LogP contribution in [-0.2, 0) is 32.5 Å². The fourth-order valence-electron chi connectivity index (χ4n) is 3.89. The van der Waals surface area contributed by atoms with Gasteiger partial charge in [0, 0.05) is 16.3 Å². The maximum atomic E-state index is 13.1. The molecule has 1 aliphatic rings. The zero-order chi connectivity index (χ0) is 24.3. The lowest BCUT2D eigenvalue weighted by atomic mass is 9.94. The average molecular weight is 503 g/mol. The largest absolute Gasteiger partial charge is 0.465 e. The summed E-state index contributed by atoms with van der Waals surface area (Å²) in [7, 11) is -2.14. The van der Waals surface area contributed by atoms with Crippen molar-refractivity contribution in [3.8, 4) is 11.6 Å². The van der Waals surface area contributed by atoms with Crippen LogP contribution in [0.5, 0.6) is 11.6 Å². The van der Waals surface area contributed by atoms with Gasteiger partial charge in [0.15, 0.2) is 0 Å². The Morgan fingerprint density at radius 2 is 2.15 bits per heavy atom. The Labute approximate surface area is 203 Å². The molecular formula is C22H24BClN4O5S. The number of halogens is 1. The Balaban J connectivity index is 1.51. The predicted molar refractivity (Wildman–Crippen MR) is 129 cm³/mol. The number of hydrogen-bond donors (Lipinski definition) is 1. The number of aromatic nitrogens is 3. The summed E-state index contributed by atoms with van der Waals surface area (Å²) in [6.45, 7) is 2.04. The maximum absolute atomic E-state index is 13.1. The van der Waals surface area contributed by atoms with Crippen molar-refractivity contribution in [3.63, 3.8) is 0 Å². The molecule has 0 saturated carbocycles. The van der Waals surface area contributed by atoms with E-state index in [0.29, 0.717) is 41.6 Å². The van der Waals surface area contributed by atoms with Crippen molar-refractivity contribution in [2.24, 2.45) is 0 Å². The molecule has 1 unspecified atom stereocenters. The minimum atomic E-state index is -3.86. The number of nitrogens with zero attached hydrogens (tertiary/aromatic N) is 3. The fourth-order valence-corrected chi connectivity index (χ4v) is 5.35. The molecule has 1 aliphatic carbocycles. The predicted octanol–water partition coefficient (Wildman–Crippen LogP) is 1.90. The molecular weight excluding hydrogens is 479 g/mol. The van der Waals surface area contributed by atoms with Crippen molar-refractivity contribution >= 4 is 40.9 Å². The van der Waals surface area contributed by atoms with Gasteiger partial charge in [-0.25, -0.2) is 18.1 Å². The molecule has 2 heterocycles. The SMILES string of the molecule is Bc1cc(S(=O)(=O)NC2CCCc3c2cnn3CC(=O)OCC)cnc1Oc1cccc(Cl)c1. The maximum Gasteiger partial charge on any atom is 0.327 e. The van der Waals surface area contributed by atoms with Crippen LogP contribution < -0.4 is 14.9 Å². The fraction of sp³-hybridized carbons (Fsp3) is 0.318. The summed E-state index contributed by atoms with van der Waals surface area (Å²) < 4.78 is 41.4. The summed E-state index contributed by atoms with van der Waals surface area (Å²) in [6, 6.07) is 7.94. The molecule has 1 atom stereocenters. The first-order valence-corrected chi connectivity index (χ1v) is 12.8. The third kappa shape index (κ3) is 5.43. The highest BCUT2D eigenvalue weighted by Crippen LogP contribution is 2.31. The topological polar surface area (TPSA) is 112 Å². The minimum Gasteiger partial charge on any atom is -0.465 e. The molecule has 12 heteroatoms. The van der Waals surface area contributed by atoms with E-state index in [4.69, 9.17) is 21.1 Å². The lowest BCUT2D eigenvalue weighted by Crippen LogP contribution is -2.32. The second kappa shape index (κ2) is 10.2. The van der Waals surface area contributed by atoms with Crippen molar-refractivity contribution in [3.05, 3.63) is 59.0 Å². The first-order chi connectivity index (χ1) is 16.3. The first kappa shape index (κ1) is 24.2. The van der Waals surface area contributed by atoms with E-state index in [2.05, 4.69) is 14.8 Å². The van der Waals surface area contributed by atoms with Crippen LogP contribution >= 0.6 is 11.6 Å². The zero-order valence-electron chi connectivity index (χ0n) is 18.8. The molecule has 2 aromatic heterocycles. The number of benzene rings is 1. The zero-order valence-corrected chi connectivity index (χ0v) is 20.4. The van der Waals surface area contributed by atoms with Crippen molar-refractivity contribution in [1.29, 1.82) is 0 Å². The number of rotatable bonds is 8. The molecule has 0 bridgehead atoms. The number of carbonyl (C=O) groups is 1. The number of hydrogen-bond acceptors (Lipinski definition) is 7. The molecule has 0 saturated heterocycles. The van der Waals surface area contributed by atoms with E-state index in [1.54, 1.807) is 49.9 Å². The minimum absolute atomic E-state index is 0.000152. The van der Waals surface area contributed by atoms with Crippen molar-refractivity contribution in [2.45, 2.75) is 43.7 Å². The second-order valence-corrected chi connectivity index (χ2v) is 10.1. The van der Waals surface area contributed by atoms with E-state index >= 15 is 0 Å². The summed E-state index contributed by atoms with van der Waals surface area (Å²) in [5, 5.41) is 4.81. The van der Waals surface area contributed by atoms with Crippen LogP contribution in [0.15, 0.2) is 47.6 Å². The normalized spacial score (nSPS) is 15.5. The van der Waals surface area contributed by atoms with Crippen LogP contribution in [-0.4, -0.2) is 43.6 Å². The molecule has 0 aliphatic heterocycles. The van der Waals surface area contributed by atoms with E-state index < -0.39 is 16.1 Å². The van der Waals surface area contributed by atoms with Crippen molar-refractivity contribution in [1.82, 2.24) is 19.5 Å². The average Bonchev–Trinajstić information content (AvgIpc) is 3.19. The molecule has 1 aromatic carbocycles. The van der Waals surface area contributed by atoms with Crippen molar-refractivity contribution < 1.29 is 22.7 Å². The molecule has 34 heavy (non-hydrogen) atoms. The number of fused-ring (bicyclic) bond motifs is 1. The summed E-state index contributed by atoms with van der Waals surface area (Å²) in [5.74, 6) is 0.422. The molecule has 0 amide bonds. The van der Waals surface area contributed by atoms with Gasteiger partial charge in [0.1, 0.15) is 25.0 Å². The summed E-state index contributed by atoms with van der Waals surface area (Å²) in [5.41, 5.74) is 2.17. The Kier molecular flexibility index (Phi) is 7.25. The van der Waals surface area contributed by atoms with E-state index in [9.17, 15) is 13.2 Å². The van der Waals surface area contributed by atoms with Crippen LogP contribution in [0.2, 0.25) is 5.02 Å². The highest BCUT2D eigenvalue weighted by molar-refractivity contribution is 7.89. The number of nitrogens with one attached hydrogen (secondary N) is 1. The highest BCUT2D eigenvalue weighted by atomic mass is 35.5. The van der Waals surface area contributed by atoms with Crippen LogP contribution in [0, 0.1) is 0 Å². The van der Waals surface area contributed by atoms with Gasteiger partial charge in [-0.05, 0) is 55.9 Å². The van der Waals surface area contributed by atoms with Crippen LogP contribution in [0.3, 0.4) is 0 Å². The summed E-state index contributed by atoms with van der Waals surface area (Å²) in [6.07, 6.45) is 4.98. The molecule has 9 nitrogen and oxygen atoms in total. The molecule has 4 rings (SSSR count). The molecule has 0 radical (unpaired) electrons. The molecule has 3 aromatic rings. The van der Waals surface area contributed by atoms with Gasteiger partial charge in [-0.2, -0.15) is 5.10 Å². The summed E-state index contributed by atoms with van der Waals surface area (Å²) >= 11 is 5.99. The van der Waals surface area contributed by atoms with Gasteiger partial charge in [-0.15, -0.1) is 0 Å². The Morgan fingerprint density at radius 1 is 1.32 bits per heavy atom. The molecule has 178 valence electrons. The lowest BCUT2D eigenvalue weighted by Gasteiger charge is -2.24. The Morgan fingerprint density at radius 3 is 2.88 bits per heavy atom. The van der Waals surface area contributed by atoms with Crippen LogP contribution in [0.4, 0.5) is 0 Å². The number of esters is 1. The smallest absolute Gasteiger partial charge is 0.327 e. The van der Waals surface area contributed by atoms with Gasteiger partial charge in [-0.1, -0.05) is 17.7 Å². The van der Waals surface area contributed by atoms with E-state index in [-0.39, 0.29) is 17.4 Å². The Hall–Kier alpha value is -2.89. The van der Waals surface area contributed by atoms with E-state index in [0.717, 1.165) is 17.7 Å². The van der Waals surface area contributed by atoms with Gasteiger partial charge >= 0.3 is 5.97 Å². The van der Waals surface area contributed by atoms with Gasteiger partial charge in [0.25, 0.3) is 0 Å². The van der Waals surface area contributed by atoms with Gasteiger partial charge in [0.2, 0.25) is 15.9 Å². The Bertz CT molecular complexity index is 1310. The highest BCUT2D eigenvalue weighted by Gasteiger charge is 2.29. The van der Waals surface area contributed by atoms with E-state index in [1.807, 2.05) is 0 Å². The van der Waals surface area contributed by atoms with Crippen LogP contribution in [0.1, 0.15) is 37.1 Å². The summed E-state index contributed by atoms with van der Waals surface area (Å²) in [4.78, 5) is 16.1. The quantitative estimate of drug-likeness (QED) is 0.370. The van der Waals surface area contributed by atoms with Crippen molar-refractivity contribution in [2.75, 3.05) is 6.61 Å². The standard InChI is InChI=1S/C22H24BClN4O5S/c1-2-32-21(29)13-28-20-8-4-7-19(17(20)12-26-28)27-34(30,31)16-10-18(23)22(25-11-16)33-15-6-3-5-14(24)9-15/h3,5-6,9-12,19,27H,2,4,7-8,13,23H2,1H3. The number of carbonyl (C=O) groups excluding carboxylic acids is 1. The van der Waals surface area contributed by atoms with E-state index in [1.165, 1.54) is 12.3 Å². The first-order valence-electron chi connectivity index (χ1n) is 10.9. The molecule has 0 fully saturated rings. The van der Waals surface area contributed by atoms with Gasteiger partial charge in [-0.3, -0.25) is 9.48 Å². The number of ether oxygens (including phenoxy) is 2. The molecule has 0 spiro atoms. The van der Waals surface area contributed by atoms with Gasteiger partial charge in [0.05, 0.1) is 25.0 Å². The second-order valence-electron chi connectivity index (χ2n) is 7.93. The van der Waals surface area contributed by atoms with Crippen LogP contribution in [0.25, 0.3) is 0 Å². The lowest BCUT2D eigenvalue weighted by molar-refractivity contribution is -0.144.